The summed E-state index contributed by atoms with van der Waals surface area (Å²) in [4.78, 5) is 0. The van der Waals surface area contributed by atoms with Crippen LogP contribution in [-0.4, -0.2) is 0 Å². The first-order valence-corrected chi connectivity index (χ1v) is 25.5. The van der Waals surface area contributed by atoms with E-state index in [-0.39, 0.29) is 0 Å². The quantitative estimate of drug-likeness (QED) is 0.115. The van der Waals surface area contributed by atoms with E-state index in [1.807, 2.05) is 0 Å². The van der Waals surface area contributed by atoms with Crippen molar-refractivity contribution in [2.45, 2.75) is 168 Å². The van der Waals surface area contributed by atoms with E-state index in [2.05, 4.69) is 184 Å². The molecule has 3 aliphatic rings. The van der Waals surface area contributed by atoms with Crippen LogP contribution in [0.3, 0.4) is 0 Å². The smallest absolute Gasteiger partial charge is 0.0400 e. The summed E-state index contributed by atoms with van der Waals surface area (Å²) in [5, 5.41) is 11.0. The lowest BCUT2D eigenvalue weighted by atomic mass is 9.83. The van der Waals surface area contributed by atoms with Crippen LogP contribution >= 0.6 is 0 Å². The Balaban J connectivity index is 0.000000145. The number of benzene rings is 6. The molecule has 0 aliphatic heterocycles. The second-order valence-electron chi connectivity index (χ2n) is 19.8. The van der Waals surface area contributed by atoms with Crippen molar-refractivity contribution in [3.63, 3.8) is 0 Å². The van der Waals surface area contributed by atoms with E-state index in [1.54, 1.807) is 0 Å². The van der Waals surface area contributed by atoms with Crippen LogP contribution in [0.15, 0.2) is 133 Å². The molecule has 0 atom stereocenters. The van der Waals surface area contributed by atoms with Gasteiger partial charge in [-0.1, -0.05) is 201 Å². The Hall–Kier alpha value is -5.28. The fourth-order valence-corrected chi connectivity index (χ4v) is 10.4. The van der Waals surface area contributed by atoms with Gasteiger partial charge in [0.1, 0.15) is 0 Å². The van der Waals surface area contributed by atoms with Crippen molar-refractivity contribution in [2.75, 3.05) is 16.0 Å². The second-order valence-corrected chi connectivity index (χ2v) is 19.8. The first kappa shape index (κ1) is 47.7. The molecule has 3 aliphatic carbocycles. The van der Waals surface area contributed by atoms with Crippen LogP contribution in [0.4, 0.5) is 17.1 Å². The van der Waals surface area contributed by atoms with Crippen molar-refractivity contribution < 1.29 is 0 Å². The number of rotatable bonds is 12. The van der Waals surface area contributed by atoms with Crippen LogP contribution in [0.1, 0.15) is 175 Å². The van der Waals surface area contributed by atoms with Crippen molar-refractivity contribution >= 4 is 17.1 Å². The average molecular weight is 866 g/mol. The lowest BCUT2D eigenvalue weighted by molar-refractivity contribution is 0.444. The van der Waals surface area contributed by atoms with Crippen molar-refractivity contribution in [1.29, 1.82) is 0 Å². The lowest BCUT2D eigenvalue weighted by Gasteiger charge is -2.25. The fourth-order valence-electron chi connectivity index (χ4n) is 10.4. The van der Waals surface area contributed by atoms with Crippen LogP contribution in [0, 0.1) is 34.6 Å². The summed E-state index contributed by atoms with van der Waals surface area (Å²) < 4.78 is 0. The summed E-state index contributed by atoms with van der Waals surface area (Å²) in [5.41, 5.74) is 19.4. The van der Waals surface area contributed by atoms with Gasteiger partial charge in [0.25, 0.3) is 0 Å². The molecule has 0 unspecified atom stereocenters. The van der Waals surface area contributed by atoms with Crippen LogP contribution in [0.25, 0.3) is 0 Å². The van der Waals surface area contributed by atoms with Crippen LogP contribution in [0.2, 0.25) is 0 Å². The summed E-state index contributed by atoms with van der Waals surface area (Å²) in [5.74, 6) is 2.24. The third-order valence-electron chi connectivity index (χ3n) is 14.3. The Kier molecular flexibility index (Phi) is 18.2. The maximum Gasteiger partial charge on any atom is 0.0400 e. The largest absolute Gasteiger partial charge is 0.381 e. The standard InChI is InChI=1S/2C21H27N.C20H25N/c2*1-16-8-11-18(12-9-16)15-22-21-13-10-17(2)14-20(21)19-6-4-3-5-7-19;1-16-12-13-20(21-15-17-8-4-2-5-9-17)19(14-16)18-10-6-3-7-11-18/h2*8-14,19,22H,3-7,15H2,1-2H3;2,4-5,8-9,12-14,18,21H,3,6-7,10-11,15H2,1H3. The fraction of sp³-hybridized carbons (Fsp3) is 0.419. The zero-order valence-electron chi connectivity index (χ0n) is 40.7. The Morgan fingerprint density at radius 2 is 0.585 bits per heavy atom. The van der Waals surface area contributed by atoms with Gasteiger partial charge in [0.15, 0.2) is 0 Å². The molecule has 3 saturated carbocycles. The molecule has 3 heteroatoms. The number of nitrogens with one attached hydrogen (secondary N) is 3. The highest BCUT2D eigenvalue weighted by Crippen LogP contribution is 2.39. The molecule has 6 aromatic rings. The normalized spacial score (nSPS) is 15.8. The minimum atomic E-state index is 0.745. The van der Waals surface area contributed by atoms with Gasteiger partial charge in [-0.25, -0.2) is 0 Å². The van der Waals surface area contributed by atoms with E-state index in [9.17, 15) is 0 Å². The van der Waals surface area contributed by atoms with Crippen molar-refractivity contribution in [2.24, 2.45) is 0 Å². The summed E-state index contributed by atoms with van der Waals surface area (Å²) in [6.07, 6.45) is 20.6. The van der Waals surface area contributed by atoms with Gasteiger partial charge in [-0.3, -0.25) is 0 Å². The molecule has 0 radical (unpaired) electrons. The third-order valence-corrected chi connectivity index (χ3v) is 14.3. The molecule has 65 heavy (non-hydrogen) atoms. The molecule has 0 bridgehead atoms. The Bertz CT molecular complexity index is 2190. The van der Waals surface area contributed by atoms with Gasteiger partial charge in [-0.15, -0.1) is 0 Å². The van der Waals surface area contributed by atoms with Crippen LogP contribution in [-0.2, 0) is 19.6 Å². The zero-order valence-corrected chi connectivity index (χ0v) is 40.7. The summed E-state index contributed by atoms with van der Waals surface area (Å²) in [6, 6.07) is 48.9. The monoisotopic (exact) mass is 866 g/mol. The van der Waals surface area contributed by atoms with Crippen LogP contribution < -0.4 is 16.0 Å². The van der Waals surface area contributed by atoms with Gasteiger partial charge in [-0.2, -0.15) is 0 Å². The van der Waals surface area contributed by atoms with Gasteiger partial charge < -0.3 is 16.0 Å². The maximum atomic E-state index is 3.67. The van der Waals surface area contributed by atoms with E-state index >= 15 is 0 Å². The molecule has 342 valence electrons. The van der Waals surface area contributed by atoms with Gasteiger partial charge in [0.2, 0.25) is 0 Å². The maximum absolute atomic E-state index is 3.67. The Morgan fingerprint density at radius 1 is 0.308 bits per heavy atom. The third kappa shape index (κ3) is 14.9. The Labute approximate surface area is 394 Å². The molecule has 6 aromatic carbocycles. The molecular formula is C62H79N3. The van der Waals surface area contributed by atoms with E-state index in [0.29, 0.717) is 0 Å². The highest BCUT2D eigenvalue weighted by atomic mass is 14.9. The Morgan fingerprint density at radius 3 is 0.892 bits per heavy atom. The van der Waals surface area contributed by atoms with E-state index in [4.69, 9.17) is 0 Å². The molecule has 0 aromatic heterocycles. The highest BCUT2D eigenvalue weighted by Gasteiger charge is 2.21. The van der Waals surface area contributed by atoms with Gasteiger partial charge >= 0.3 is 0 Å². The molecule has 0 spiro atoms. The first-order valence-electron chi connectivity index (χ1n) is 25.5. The zero-order chi connectivity index (χ0) is 45.2. The predicted octanol–water partition coefficient (Wildman–Crippen LogP) is 17.6. The first-order chi connectivity index (χ1) is 31.8. The SMILES string of the molecule is Cc1ccc(CNc2ccc(C)cc2C2CCCCC2)cc1.Cc1ccc(CNc2ccc(C)cc2C2CCCCC2)cc1.Cc1ccc(NCc2ccccc2)c(C2CCCCC2)c1. The minimum absolute atomic E-state index is 0.745. The number of hydrogen-bond donors (Lipinski definition) is 3. The number of aryl methyl sites for hydroxylation is 5. The average Bonchev–Trinajstić information content (AvgIpc) is 3.35. The van der Waals surface area contributed by atoms with Gasteiger partial charge in [0.05, 0.1) is 0 Å². The molecule has 3 fully saturated rings. The highest BCUT2D eigenvalue weighted by molar-refractivity contribution is 5.57. The number of anilines is 3. The van der Waals surface area contributed by atoms with Crippen LogP contribution in [0.5, 0.6) is 0 Å². The molecule has 0 amide bonds. The van der Waals surface area contributed by atoms with Gasteiger partial charge in [-0.05, 0) is 142 Å². The van der Waals surface area contributed by atoms with Crippen molar-refractivity contribution in [3.8, 4) is 0 Å². The molecular weight excluding hydrogens is 787 g/mol. The molecule has 0 saturated heterocycles. The van der Waals surface area contributed by atoms with Crippen molar-refractivity contribution in [3.05, 3.63) is 195 Å². The molecule has 0 heterocycles. The summed E-state index contributed by atoms with van der Waals surface area (Å²) >= 11 is 0. The lowest BCUT2D eigenvalue weighted by Crippen LogP contribution is -2.09. The summed E-state index contributed by atoms with van der Waals surface area (Å²) in [6.45, 7) is 13.6. The van der Waals surface area contributed by atoms with Crippen molar-refractivity contribution in [1.82, 2.24) is 0 Å². The second kappa shape index (κ2) is 24.9. The summed E-state index contributed by atoms with van der Waals surface area (Å²) in [7, 11) is 0. The van der Waals surface area contributed by atoms with E-state index in [0.717, 1.165) is 37.4 Å². The predicted molar refractivity (Wildman–Crippen MR) is 282 cm³/mol. The number of hydrogen-bond acceptors (Lipinski definition) is 3. The minimum Gasteiger partial charge on any atom is -0.381 e. The molecule has 9 rings (SSSR count). The topological polar surface area (TPSA) is 36.1 Å². The van der Waals surface area contributed by atoms with Gasteiger partial charge in [0, 0.05) is 36.7 Å². The van der Waals surface area contributed by atoms with E-state index in [1.165, 1.54) is 175 Å². The van der Waals surface area contributed by atoms with E-state index < -0.39 is 0 Å². The molecule has 3 nitrogen and oxygen atoms in total. The molecule has 3 N–H and O–H groups in total.